The second-order valence-corrected chi connectivity index (χ2v) is 4.63. The molecule has 0 heterocycles. The van der Waals surface area contributed by atoms with Gasteiger partial charge in [0.05, 0.1) is 6.54 Å². The monoisotopic (exact) mass is 343 g/mol. The van der Waals surface area contributed by atoms with Gasteiger partial charge in [-0.3, -0.25) is 9.59 Å². The Bertz CT molecular complexity index is 556. The fourth-order valence-corrected chi connectivity index (χ4v) is 1.66. The van der Waals surface area contributed by atoms with Crippen molar-refractivity contribution in [3.8, 4) is 18.1 Å². The number of carbonyl (C=O) groups is 2. The normalized spacial score (nSPS) is 9.65. The van der Waals surface area contributed by atoms with Crippen molar-refractivity contribution in [2.24, 2.45) is 0 Å². The number of amides is 1. The smallest absolute Gasteiger partial charge is 0.323 e. The van der Waals surface area contributed by atoms with E-state index in [9.17, 15) is 14.0 Å². The molecule has 0 bridgehead atoms. The van der Waals surface area contributed by atoms with Crippen molar-refractivity contribution in [2.75, 3.05) is 19.7 Å². The molecule has 0 saturated heterocycles. The number of hydrogen-bond donors (Lipinski definition) is 1. The summed E-state index contributed by atoms with van der Waals surface area (Å²) in [6.07, 6.45) is 5.05. The molecule has 1 N–H and O–H groups in total. The van der Waals surface area contributed by atoms with Crippen LogP contribution in [0.4, 0.5) is 4.39 Å². The number of hydrogen-bond acceptors (Lipinski definition) is 3. The van der Waals surface area contributed by atoms with Crippen molar-refractivity contribution in [2.45, 2.75) is 0 Å². The number of halogens is 2. The molecule has 0 aliphatic carbocycles. The molecule has 0 aromatic heterocycles. The topological polar surface area (TPSA) is 66.8 Å². The minimum absolute atomic E-state index is 0.0995. The van der Waals surface area contributed by atoms with Gasteiger partial charge in [0, 0.05) is 4.47 Å². The van der Waals surface area contributed by atoms with Crippen LogP contribution in [0, 0.1) is 18.2 Å². The van der Waals surface area contributed by atoms with Crippen LogP contribution < -0.4 is 4.74 Å². The Balaban J connectivity index is 2.64. The van der Waals surface area contributed by atoms with Crippen LogP contribution in [0.5, 0.6) is 5.75 Å². The first-order valence-corrected chi connectivity index (χ1v) is 6.24. The second kappa shape index (κ2) is 7.50. The lowest BCUT2D eigenvalue weighted by molar-refractivity contribution is -0.144. The maximum atomic E-state index is 13.5. The molecule has 106 valence electrons. The second-order valence-electron chi connectivity index (χ2n) is 3.71. The number of benzene rings is 1. The van der Waals surface area contributed by atoms with Crippen molar-refractivity contribution in [1.29, 1.82) is 0 Å². The van der Waals surface area contributed by atoms with Gasteiger partial charge >= 0.3 is 5.97 Å². The Kier molecular flexibility index (Phi) is 6.00. The first kappa shape index (κ1) is 16.0. The zero-order valence-corrected chi connectivity index (χ0v) is 11.9. The molecule has 0 fully saturated rings. The van der Waals surface area contributed by atoms with E-state index in [0.29, 0.717) is 4.47 Å². The van der Waals surface area contributed by atoms with Crippen LogP contribution in [-0.4, -0.2) is 41.6 Å². The van der Waals surface area contributed by atoms with E-state index < -0.39 is 30.8 Å². The van der Waals surface area contributed by atoms with Crippen molar-refractivity contribution in [3.63, 3.8) is 0 Å². The number of ether oxygens (including phenoxy) is 1. The average Bonchev–Trinajstić information content (AvgIpc) is 2.36. The molecule has 20 heavy (non-hydrogen) atoms. The highest BCUT2D eigenvalue weighted by molar-refractivity contribution is 9.10. The van der Waals surface area contributed by atoms with E-state index in [1.165, 1.54) is 12.1 Å². The van der Waals surface area contributed by atoms with Crippen molar-refractivity contribution in [3.05, 3.63) is 28.5 Å². The number of carboxylic acids is 1. The van der Waals surface area contributed by atoms with Crippen molar-refractivity contribution in [1.82, 2.24) is 4.90 Å². The van der Waals surface area contributed by atoms with Crippen LogP contribution in [0.3, 0.4) is 0 Å². The van der Waals surface area contributed by atoms with Gasteiger partial charge in [0.2, 0.25) is 0 Å². The van der Waals surface area contributed by atoms with Gasteiger partial charge in [-0.25, -0.2) is 4.39 Å². The molecule has 0 aliphatic rings. The summed E-state index contributed by atoms with van der Waals surface area (Å²) in [5, 5.41) is 8.65. The standard InChI is InChI=1S/C13H11BrFNO4/c1-2-5-16(7-13(18)19)12(17)8-20-11-4-3-9(14)6-10(11)15/h1,3-4,6H,5,7-8H2,(H,18,19). The Morgan fingerprint density at radius 1 is 1.50 bits per heavy atom. The summed E-state index contributed by atoms with van der Waals surface area (Å²) in [6, 6.07) is 4.10. The number of rotatable bonds is 6. The SMILES string of the molecule is C#CCN(CC(=O)O)C(=O)COc1ccc(Br)cc1F. The Hall–Kier alpha value is -2.07. The van der Waals surface area contributed by atoms with Gasteiger partial charge in [-0.2, -0.15) is 0 Å². The van der Waals surface area contributed by atoms with E-state index in [1.54, 1.807) is 6.07 Å². The van der Waals surface area contributed by atoms with Crippen LogP contribution in [0.1, 0.15) is 0 Å². The molecule has 7 heteroatoms. The molecule has 1 aromatic rings. The zero-order chi connectivity index (χ0) is 15.1. The Morgan fingerprint density at radius 2 is 2.20 bits per heavy atom. The third-order valence-corrected chi connectivity index (χ3v) is 2.70. The van der Waals surface area contributed by atoms with Gasteiger partial charge in [-0.15, -0.1) is 6.42 Å². The lowest BCUT2D eigenvalue weighted by Gasteiger charge is -2.18. The molecule has 0 radical (unpaired) electrons. The minimum Gasteiger partial charge on any atom is -0.481 e. The van der Waals surface area contributed by atoms with Gasteiger partial charge in [0.15, 0.2) is 18.2 Å². The van der Waals surface area contributed by atoms with E-state index >= 15 is 0 Å². The highest BCUT2D eigenvalue weighted by atomic mass is 79.9. The van der Waals surface area contributed by atoms with E-state index in [2.05, 4.69) is 21.9 Å². The highest BCUT2D eigenvalue weighted by Gasteiger charge is 2.17. The molecular formula is C13H11BrFNO4. The molecule has 0 spiro atoms. The van der Waals surface area contributed by atoms with E-state index in [-0.39, 0.29) is 12.3 Å². The third kappa shape index (κ3) is 4.90. The molecule has 1 rings (SSSR count). The molecular weight excluding hydrogens is 333 g/mol. The van der Waals surface area contributed by atoms with Crippen molar-refractivity contribution >= 4 is 27.8 Å². The van der Waals surface area contributed by atoms with Crippen LogP contribution >= 0.6 is 15.9 Å². The van der Waals surface area contributed by atoms with Crippen molar-refractivity contribution < 1.29 is 23.8 Å². The van der Waals surface area contributed by atoms with Gasteiger partial charge in [-0.1, -0.05) is 21.9 Å². The summed E-state index contributed by atoms with van der Waals surface area (Å²) in [5.74, 6) is -0.376. The molecule has 1 aromatic carbocycles. The molecule has 0 saturated carbocycles. The van der Waals surface area contributed by atoms with Gasteiger partial charge in [-0.05, 0) is 18.2 Å². The summed E-state index contributed by atoms with van der Waals surface area (Å²) in [6.45, 7) is -1.18. The maximum Gasteiger partial charge on any atom is 0.323 e. The largest absolute Gasteiger partial charge is 0.481 e. The van der Waals surface area contributed by atoms with Crippen LogP contribution in [0.2, 0.25) is 0 Å². The average molecular weight is 344 g/mol. The molecule has 5 nitrogen and oxygen atoms in total. The summed E-state index contributed by atoms with van der Waals surface area (Å²) in [7, 11) is 0. The Labute approximate surface area is 123 Å². The van der Waals surface area contributed by atoms with Crippen LogP contribution in [-0.2, 0) is 9.59 Å². The lowest BCUT2D eigenvalue weighted by Crippen LogP contribution is -2.39. The highest BCUT2D eigenvalue weighted by Crippen LogP contribution is 2.21. The number of aliphatic carboxylic acids is 1. The van der Waals surface area contributed by atoms with Gasteiger partial charge in [0.1, 0.15) is 6.54 Å². The fourth-order valence-electron chi connectivity index (χ4n) is 1.33. The first-order chi connectivity index (χ1) is 9.43. The summed E-state index contributed by atoms with van der Waals surface area (Å²) < 4.78 is 19.0. The molecule has 1 amide bonds. The van der Waals surface area contributed by atoms with Crippen LogP contribution in [0.25, 0.3) is 0 Å². The summed E-state index contributed by atoms with van der Waals surface area (Å²) in [4.78, 5) is 23.2. The summed E-state index contributed by atoms with van der Waals surface area (Å²) in [5.41, 5.74) is 0. The maximum absolute atomic E-state index is 13.5. The molecule has 0 aliphatic heterocycles. The van der Waals surface area contributed by atoms with Crippen LogP contribution in [0.15, 0.2) is 22.7 Å². The van der Waals surface area contributed by atoms with E-state index in [0.717, 1.165) is 4.90 Å². The number of nitrogens with zero attached hydrogens (tertiary/aromatic N) is 1. The van der Waals surface area contributed by atoms with Gasteiger partial charge < -0.3 is 14.7 Å². The molecule has 0 unspecified atom stereocenters. The summed E-state index contributed by atoms with van der Waals surface area (Å²) >= 11 is 3.09. The predicted molar refractivity (Wildman–Crippen MR) is 72.6 cm³/mol. The number of terminal acetylenes is 1. The van der Waals surface area contributed by atoms with Gasteiger partial charge in [0.25, 0.3) is 5.91 Å². The Morgan fingerprint density at radius 3 is 2.75 bits per heavy atom. The third-order valence-electron chi connectivity index (χ3n) is 2.21. The fraction of sp³-hybridized carbons (Fsp3) is 0.231. The predicted octanol–water partition coefficient (Wildman–Crippen LogP) is 1.51. The first-order valence-electron chi connectivity index (χ1n) is 5.45. The molecule has 0 atom stereocenters. The van der Waals surface area contributed by atoms with E-state index in [4.69, 9.17) is 16.3 Å². The van der Waals surface area contributed by atoms with E-state index in [1.807, 2.05) is 0 Å². The number of carboxylic acid groups (broad SMARTS) is 1. The zero-order valence-electron chi connectivity index (χ0n) is 10.3. The minimum atomic E-state index is -1.19. The number of carbonyl (C=O) groups excluding carboxylic acids is 1. The quantitative estimate of drug-likeness (QED) is 0.795. The lowest BCUT2D eigenvalue weighted by atomic mass is 10.3.